The Kier molecular flexibility index (Phi) is 5.83. The number of carbonyl (C=O) groups excluding carboxylic acids is 1. The van der Waals surface area contributed by atoms with Crippen molar-refractivity contribution in [3.8, 4) is 5.88 Å². The number of carbonyl (C=O) groups is 1. The number of ether oxygens (including phenoxy) is 1. The van der Waals surface area contributed by atoms with Crippen molar-refractivity contribution in [1.29, 1.82) is 0 Å². The molecule has 3 heterocycles. The molecule has 0 bridgehead atoms. The van der Waals surface area contributed by atoms with E-state index in [0.29, 0.717) is 41.0 Å². The first-order valence-electron chi connectivity index (χ1n) is 9.10. The van der Waals surface area contributed by atoms with Gasteiger partial charge in [-0.3, -0.25) is 4.79 Å². The number of hydrogen-bond donors (Lipinski definition) is 4. The molecule has 0 radical (unpaired) electrons. The van der Waals surface area contributed by atoms with E-state index >= 15 is 0 Å². The molecule has 3 aromatic heterocycles. The van der Waals surface area contributed by atoms with Crippen molar-refractivity contribution in [3.05, 3.63) is 36.2 Å². The smallest absolute Gasteiger partial charge is 0.256 e. The van der Waals surface area contributed by atoms with Crippen LogP contribution in [0, 0.1) is 5.41 Å². The quantitative estimate of drug-likeness (QED) is 0.451. The highest BCUT2D eigenvalue weighted by Gasteiger charge is 2.21. The van der Waals surface area contributed by atoms with Crippen molar-refractivity contribution in [2.45, 2.75) is 13.8 Å². The summed E-state index contributed by atoms with van der Waals surface area (Å²) in [5.74, 6) is 1.26. The molecule has 0 aromatic carbocycles. The second-order valence-electron chi connectivity index (χ2n) is 7.26. The molecule has 154 valence electrons. The Morgan fingerprint density at radius 3 is 2.86 bits per heavy atom. The molecule has 10 heteroatoms. The highest BCUT2D eigenvalue weighted by molar-refractivity contribution is 6.00. The van der Waals surface area contributed by atoms with E-state index in [-0.39, 0.29) is 12.5 Å². The standard InChI is InChI=1S/C19H25N7O3/c1-19(2,11-27)10-22-17(28)12-9-23-26-15(20-3)8-14(25-16(12)26)24-13-6-5-7-21-18(13)29-4/h5-9,20,27H,10-11H2,1-4H3,(H,22,28)(H,24,25). The number of pyridine rings is 1. The van der Waals surface area contributed by atoms with E-state index in [1.807, 2.05) is 19.9 Å². The molecular formula is C19H25N7O3. The van der Waals surface area contributed by atoms with Crippen molar-refractivity contribution in [2.75, 3.05) is 37.9 Å². The van der Waals surface area contributed by atoms with E-state index in [2.05, 4.69) is 31.0 Å². The van der Waals surface area contributed by atoms with Gasteiger partial charge in [-0.05, 0) is 12.1 Å². The number of fused-ring (bicyclic) bond motifs is 1. The second kappa shape index (κ2) is 8.31. The van der Waals surface area contributed by atoms with Gasteiger partial charge in [-0.1, -0.05) is 13.8 Å². The number of methoxy groups -OCH3 is 1. The number of rotatable bonds is 8. The lowest BCUT2D eigenvalue weighted by molar-refractivity contribution is 0.0912. The first-order valence-corrected chi connectivity index (χ1v) is 9.10. The monoisotopic (exact) mass is 399 g/mol. The number of hydrogen-bond acceptors (Lipinski definition) is 8. The van der Waals surface area contributed by atoms with Gasteiger partial charge in [-0.15, -0.1) is 0 Å². The summed E-state index contributed by atoms with van der Waals surface area (Å²) in [4.78, 5) is 21.4. The largest absolute Gasteiger partial charge is 0.480 e. The van der Waals surface area contributed by atoms with Crippen LogP contribution in [-0.4, -0.2) is 57.9 Å². The van der Waals surface area contributed by atoms with Gasteiger partial charge in [0.25, 0.3) is 5.91 Å². The normalized spacial score (nSPS) is 11.3. The molecule has 0 aliphatic heterocycles. The topological polar surface area (TPSA) is 126 Å². The first-order chi connectivity index (χ1) is 13.9. The molecule has 3 aromatic rings. The third kappa shape index (κ3) is 4.37. The summed E-state index contributed by atoms with van der Waals surface area (Å²) in [5.41, 5.74) is 0.939. The molecular weight excluding hydrogens is 374 g/mol. The molecule has 29 heavy (non-hydrogen) atoms. The molecule has 0 saturated heterocycles. The Balaban J connectivity index is 1.95. The van der Waals surface area contributed by atoms with Gasteiger partial charge in [0.05, 0.1) is 13.3 Å². The van der Waals surface area contributed by atoms with Crippen molar-refractivity contribution >= 4 is 28.9 Å². The lowest BCUT2D eigenvalue weighted by Gasteiger charge is -2.21. The van der Waals surface area contributed by atoms with Crippen LogP contribution in [0.4, 0.5) is 17.3 Å². The molecule has 0 unspecified atom stereocenters. The fraction of sp³-hybridized carbons (Fsp3) is 0.368. The van der Waals surface area contributed by atoms with E-state index in [1.54, 1.807) is 29.9 Å². The van der Waals surface area contributed by atoms with Gasteiger partial charge in [0.2, 0.25) is 5.88 Å². The molecule has 0 fully saturated rings. The maximum Gasteiger partial charge on any atom is 0.256 e. The minimum absolute atomic E-state index is 0.0365. The van der Waals surface area contributed by atoms with Crippen molar-refractivity contribution in [2.24, 2.45) is 5.41 Å². The molecule has 0 aliphatic rings. The van der Waals surface area contributed by atoms with Gasteiger partial charge in [0.15, 0.2) is 5.65 Å². The molecule has 0 atom stereocenters. The molecule has 4 N–H and O–H groups in total. The summed E-state index contributed by atoms with van der Waals surface area (Å²) < 4.78 is 6.82. The molecule has 0 aliphatic carbocycles. The maximum absolute atomic E-state index is 12.7. The van der Waals surface area contributed by atoms with Crippen LogP contribution in [0.5, 0.6) is 5.88 Å². The second-order valence-corrected chi connectivity index (χ2v) is 7.26. The average molecular weight is 399 g/mol. The first kappa shape index (κ1) is 20.3. The average Bonchev–Trinajstić information content (AvgIpc) is 3.16. The Bertz CT molecular complexity index is 1020. The zero-order valence-electron chi connectivity index (χ0n) is 16.9. The van der Waals surface area contributed by atoms with Gasteiger partial charge in [0.1, 0.15) is 22.9 Å². The Hall–Kier alpha value is -3.40. The van der Waals surface area contributed by atoms with E-state index in [1.165, 1.54) is 13.3 Å². The minimum Gasteiger partial charge on any atom is -0.480 e. The molecule has 0 spiro atoms. The van der Waals surface area contributed by atoms with Crippen LogP contribution in [0.3, 0.4) is 0 Å². The van der Waals surface area contributed by atoms with Crippen LogP contribution in [-0.2, 0) is 0 Å². The highest BCUT2D eigenvalue weighted by atomic mass is 16.5. The van der Waals surface area contributed by atoms with Crippen LogP contribution < -0.4 is 20.7 Å². The van der Waals surface area contributed by atoms with E-state index < -0.39 is 5.41 Å². The fourth-order valence-electron chi connectivity index (χ4n) is 2.62. The summed E-state index contributed by atoms with van der Waals surface area (Å²) in [7, 11) is 3.30. The SMILES string of the molecule is CNc1cc(Nc2cccnc2OC)nc2c(C(=O)NCC(C)(C)CO)cnn12. The van der Waals surface area contributed by atoms with Gasteiger partial charge in [0, 0.05) is 37.9 Å². The molecule has 0 saturated carbocycles. The van der Waals surface area contributed by atoms with Crippen molar-refractivity contribution < 1.29 is 14.6 Å². The summed E-state index contributed by atoms with van der Waals surface area (Å²) in [6.45, 7) is 4.02. The van der Waals surface area contributed by atoms with Gasteiger partial charge in [-0.2, -0.15) is 9.61 Å². The molecule has 10 nitrogen and oxygen atoms in total. The Labute approximate surface area is 168 Å². The number of anilines is 3. The highest BCUT2D eigenvalue weighted by Crippen LogP contribution is 2.26. The molecule has 3 rings (SSSR count). The van der Waals surface area contributed by atoms with Crippen LogP contribution in [0.1, 0.15) is 24.2 Å². The Morgan fingerprint density at radius 2 is 2.17 bits per heavy atom. The summed E-state index contributed by atoms with van der Waals surface area (Å²) in [6.07, 6.45) is 3.10. The van der Waals surface area contributed by atoms with E-state index in [9.17, 15) is 9.90 Å². The lowest BCUT2D eigenvalue weighted by atomic mass is 9.95. The van der Waals surface area contributed by atoms with Crippen LogP contribution in [0.2, 0.25) is 0 Å². The predicted molar refractivity (Wildman–Crippen MR) is 110 cm³/mol. The third-order valence-corrected chi connectivity index (χ3v) is 4.36. The number of aliphatic hydroxyl groups excluding tert-OH is 1. The Morgan fingerprint density at radius 1 is 1.38 bits per heavy atom. The number of aromatic nitrogens is 4. The lowest BCUT2D eigenvalue weighted by Crippen LogP contribution is -2.36. The molecule has 1 amide bonds. The summed E-state index contributed by atoms with van der Waals surface area (Å²) >= 11 is 0. The van der Waals surface area contributed by atoms with Gasteiger partial charge < -0.3 is 25.8 Å². The zero-order valence-corrected chi connectivity index (χ0v) is 16.9. The number of amides is 1. The predicted octanol–water partition coefficient (Wildman–Crippen LogP) is 1.67. The van der Waals surface area contributed by atoms with Crippen LogP contribution >= 0.6 is 0 Å². The number of nitrogens with zero attached hydrogens (tertiary/aromatic N) is 4. The maximum atomic E-state index is 12.7. The van der Waals surface area contributed by atoms with Crippen LogP contribution in [0.15, 0.2) is 30.6 Å². The number of aliphatic hydroxyl groups is 1. The zero-order chi connectivity index (χ0) is 21.0. The van der Waals surface area contributed by atoms with Gasteiger partial charge >= 0.3 is 0 Å². The summed E-state index contributed by atoms with van der Waals surface area (Å²) in [5, 5.41) is 22.7. The third-order valence-electron chi connectivity index (χ3n) is 4.36. The fourth-order valence-corrected chi connectivity index (χ4v) is 2.62. The van der Waals surface area contributed by atoms with E-state index in [0.717, 1.165) is 0 Å². The van der Waals surface area contributed by atoms with Gasteiger partial charge in [-0.25, -0.2) is 9.97 Å². The van der Waals surface area contributed by atoms with E-state index in [4.69, 9.17) is 4.74 Å². The van der Waals surface area contributed by atoms with Crippen molar-refractivity contribution in [3.63, 3.8) is 0 Å². The summed E-state index contributed by atoms with van der Waals surface area (Å²) in [6, 6.07) is 5.36. The number of nitrogens with one attached hydrogen (secondary N) is 3. The van der Waals surface area contributed by atoms with Crippen LogP contribution in [0.25, 0.3) is 5.65 Å². The minimum atomic E-state index is -0.425. The van der Waals surface area contributed by atoms with Crippen molar-refractivity contribution in [1.82, 2.24) is 24.9 Å².